The highest BCUT2D eigenvalue weighted by molar-refractivity contribution is 5.57. The van der Waals surface area contributed by atoms with Crippen LogP contribution in [0.2, 0.25) is 0 Å². The van der Waals surface area contributed by atoms with Gasteiger partial charge in [-0.15, -0.1) is 0 Å². The van der Waals surface area contributed by atoms with Crippen molar-refractivity contribution < 1.29 is 9.13 Å². The van der Waals surface area contributed by atoms with Gasteiger partial charge in [-0.2, -0.15) is 0 Å². The van der Waals surface area contributed by atoms with Crippen LogP contribution in [0, 0.1) is 19.7 Å². The Bertz CT molecular complexity index is 886. The Balaban J connectivity index is 1.75. The van der Waals surface area contributed by atoms with Crippen LogP contribution in [0.5, 0.6) is 5.75 Å². The maximum atomic E-state index is 13.6. The number of para-hydroxylation sites is 1. The number of aryl methyl sites for hydroxylation is 1. The number of aromatic nitrogens is 3. The second kappa shape index (κ2) is 7.91. The molecule has 134 valence electrons. The molecule has 0 radical (unpaired) electrons. The number of hydrogen-bond donors (Lipinski definition) is 0. The molecule has 3 rings (SSSR count). The molecular formula is C20H21FN4O. The van der Waals surface area contributed by atoms with Gasteiger partial charge in [0.2, 0.25) is 0 Å². The van der Waals surface area contributed by atoms with Crippen molar-refractivity contribution in [3.8, 4) is 17.3 Å². The molecule has 0 N–H and O–H groups in total. The van der Waals surface area contributed by atoms with E-state index in [4.69, 9.17) is 4.74 Å². The van der Waals surface area contributed by atoms with Gasteiger partial charge in [0.15, 0.2) is 17.4 Å². The fourth-order valence-corrected chi connectivity index (χ4v) is 2.56. The molecule has 0 amide bonds. The first-order chi connectivity index (χ1) is 12.6. The van der Waals surface area contributed by atoms with Gasteiger partial charge in [-0.1, -0.05) is 18.2 Å². The molecule has 0 aliphatic carbocycles. The monoisotopic (exact) mass is 352 g/mol. The Labute approximate surface area is 152 Å². The number of anilines is 1. The molecule has 2 aromatic heterocycles. The lowest BCUT2D eigenvalue weighted by Crippen LogP contribution is -2.26. The minimum Gasteiger partial charge on any atom is -0.489 e. The molecule has 0 unspecified atom stereocenters. The van der Waals surface area contributed by atoms with Gasteiger partial charge in [-0.3, -0.25) is 4.98 Å². The molecular weight excluding hydrogens is 331 g/mol. The maximum absolute atomic E-state index is 13.6. The van der Waals surface area contributed by atoms with Crippen molar-refractivity contribution in [3.63, 3.8) is 0 Å². The normalized spacial score (nSPS) is 10.6. The van der Waals surface area contributed by atoms with E-state index in [1.807, 2.05) is 44.0 Å². The summed E-state index contributed by atoms with van der Waals surface area (Å²) in [5, 5.41) is 0. The van der Waals surface area contributed by atoms with Crippen LogP contribution in [0.3, 0.4) is 0 Å². The highest BCUT2D eigenvalue weighted by Gasteiger charge is 2.14. The molecule has 6 heteroatoms. The maximum Gasteiger partial charge on any atom is 0.180 e. The van der Waals surface area contributed by atoms with Crippen molar-refractivity contribution in [1.82, 2.24) is 15.0 Å². The number of benzene rings is 1. The van der Waals surface area contributed by atoms with Crippen molar-refractivity contribution in [1.29, 1.82) is 0 Å². The SMILES string of the molecule is Cc1nc(-c2ccccn2)nc(N(C)CCOc2ccccc2F)c1C. The summed E-state index contributed by atoms with van der Waals surface area (Å²) in [6.07, 6.45) is 1.72. The van der Waals surface area contributed by atoms with Crippen LogP contribution in [-0.4, -0.2) is 35.2 Å². The van der Waals surface area contributed by atoms with Gasteiger partial charge in [0.1, 0.15) is 18.1 Å². The second-order valence-corrected chi connectivity index (χ2v) is 6.00. The molecule has 0 saturated heterocycles. The van der Waals surface area contributed by atoms with Gasteiger partial charge in [0, 0.05) is 24.5 Å². The summed E-state index contributed by atoms with van der Waals surface area (Å²) >= 11 is 0. The van der Waals surface area contributed by atoms with Crippen LogP contribution in [0.15, 0.2) is 48.7 Å². The number of hydrogen-bond acceptors (Lipinski definition) is 5. The molecule has 0 bridgehead atoms. The highest BCUT2D eigenvalue weighted by atomic mass is 19.1. The number of rotatable bonds is 6. The molecule has 3 aromatic rings. The van der Waals surface area contributed by atoms with E-state index in [1.165, 1.54) is 6.07 Å². The van der Waals surface area contributed by atoms with E-state index in [2.05, 4.69) is 15.0 Å². The van der Waals surface area contributed by atoms with E-state index < -0.39 is 0 Å². The molecule has 2 heterocycles. The van der Waals surface area contributed by atoms with Crippen LogP contribution in [0.4, 0.5) is 10.2 Å². The summed E-state index contributed by atoms with van der Waals surface area (Å²) in [5.41, 5.74) is 2.63. The predicted octanol–water partition coefficient (Wildman–Crippen LogP) is 3.81. The van der Waals surface area contributed by atoms with E-state index in [0.717, 1.165) is 22.8 Å². The van der Waals surface area contributed by atoms with E-state index in [1.54, 1.807) is 24.4 Å². The van der Waals surface area contributed by atoms with E-state index >= 15 is 0 Å². The minimum atomic E-state index is -0.360. The lowest BCUT2D eigenvalue weighted by molar-refractivity contribution is 0.309. The third-order valence-electron chi connectivity index (χ3n) is 4.14. The predicted molar refractivity (Wildman–Crippen MR) is 99.9 cm³/mol. The second-order valence-electron chi connectivity index (χ2n) is 6.00. The Morgan fingerprint density at radius 2 is 1.81 bits per heavy atom. The van der Waals surface area contributed by atoms with Gasteiger partial charge in [-0.05, 0) is 38.1 Å². The summed E-state index contributed by atoms with van der Waals surface area (Å²) in [4.78, 5) is 15.5. The van der Waals surface area contributed by atoms with E-state index in [-0.39, 0.29) is 11.6 Å². The van der Waals surface area contributed by atoms with Gasteiger partial charge in [0.05, 0.1) is 6.54 Å². The third kappa shape index (κ3) is 3.96. The summed E-state index contributed by atoms with van der Waals surface area (Å²) in [7, 11) is 1.93. The van der Waals surface area contributed by atoms with Crippen LogP contribution < -0.4 is 9.64 Å². The highest BCUT2D eigenvalue weighted by Crippen LogP contribution is 2.23. The topological polar surface area (TPSA) is 51.1 Å². The lowest BCUT2D eigenvalue weighted by Gasteiger charge is -2.21. The van der Waals surface area contributed by atoms with Crippen LogP contribution in [-0.2, 0) is 0 Å². The third-order valence-corrected chi connectivity index (χ3v) is 4.14. The summed E-state index contributed by atoms with van der Waals surface area (Å²) in [6, 6.07) is 12.0. The number of nitrogens with zero attached hydrogens (tertiary/aromatic N) is 4. The standard InChI is InChI=1S/C20H21FN4O/c1-14-15(2)23-19(17-9-6-7-11-22-17)24-20(14)25(3)12-13-26-18-10-5-4-8-16(18)21/h4-11H,12-13H2,1-3H3. The smallest absolute Gasteiger partial charge is 0.180 e. The molecule has 1 aromatic carbocycles. The van der Waals surface area contributed by atoms with Crippen molar-refractivity contribution >= 4 is 5.82 Å². The van der Waals surface area contributed by atoms with Crippen molar-refractivity contribution in [2.24, 2.45) is 0 Å². The zero-order chi connectivity index (χ0) is 18.5. The van der Waals surface area contributed by atoms with E-state index in [0.29, 0.717) is 19.0 Å². The average molecular weight is 352 g/mol. The molecule has 0 aliphatic heterocycles. The summed E-state index contributed by atoms with van der Waals surface area (Å²) < 4.78 is 19.2. The minimum absolute atomic E-state index is 0.255. The van der Waals surface area contributed by atoms with Crippen molar-refractivity contribution in [3.05, 3.63) is 65.7 Å². The number of pyridine rings is 1. The zero-order valence-corrected chi connectivity index (χ0v) is 15.1. The Kier molecular flexibility index (Phi) is 5.41. The quantitative estimate of drug-likeness (QED) is 0.675. The largest absolute Gasteiger partial charge is 0.489 e. The van der Waals surface area contributed by atoms with E-state index in [9.17, 15) is 4.39 Å². The van der Waals surface area contributed by atoms with Gasteiger partial charge < -0.3 is 9.64 Å². The molecule has 0 aliphatic rings. The molecule has 0 spiro atoms. The fourth-order valence-electron chi connectivity index (χ4n) is 2.56. The number of ether oxygens (including phenoxy) is 1. The number of halogens is 1. The Morgan fingerprint density at radius 3 is 2.54 bits per heavy atom. The van der Waals surface area contributed by atoms with Crippen molar-refractivity contribution in [2.75, 3.05) is 25.1 Å². The van der Waals surface area contributed by atoms with Gasteiger partial charge >= 0.3 is 0 Å². The van der Waals surface area contributed by atoms with Crippen molar-refractivity contribution in [2.45, 2.75) is 13.8 Å². The van der Waals surface area contributed by atoms with Crippen LogP contribution in [0.1, 0.15) is 11.3 Å². The van der Waals surface area contributed by atoms with Gasteiger partial charge in [-0.25, -0.2) is 14.4 Å². The van der Waals surface area contributed by atoms with Gasteiger partial charge in [0.25, 0.3) is 0 Å². The molecule has 0 saturated carbocycles. The summed E-state index contributed by atoms with van der Waals surface area (Å²) in [6.45, 7) is 4.85. The van der Waals surface area contributed by atoms with Crippen LogP contribution >= 0.6 is 0 Å². The summed E-state index contributed by atoms with van der Waals surface area (Å²) in [5.74, 6) is 1.30. The average Bonchev–Trinajstić information content (AvgIpc) is 2.66. The Hall–Kier alpha value is -3.02. The first kappa shape index (κ1) is 17.8. The lowest BCUT2D eigenvalue weighted by atomic mass is 10.2. The Morgan fingerprint density at radius 1 is 1.04 bits per heavy atom. The fraction of sp³-hybridized carbons (Fsp3) is 0.250. The molecule has 0 atom stereocenters. The molecule has 0 fully saturated rings. The number of likely N-dealkylation sites (N-methyl/N-ethyl adjacent to an activating group) is 1. The first-order valence-corrected chi connectivity index (χ1v) is 8.41. The molecule has 26 heavy (non-hydrogen) atoms. The first-order valence-electron chi connectivity index (χ1n) is 8.41. The van der Waals surface area contributed by atoms with Crippen LogP contribution in [0.25, 0.3) is 11.5 Å². The zero-order valence-electron chi connectivity index (χ0n) is 15.1. The molecule has 5 nitrogen and oxygen atoms in total.